The van der Waals surface area contributed by atoms with Gasteiger partial charge in [-0.15, -0.1) is 0 Å². The van der Waals surface area contributed by atoms with Crippen molar-refractivity contribution in [1.29, 1.82) is 0 Å². The van der Waals surface area contributed by atoms with Crippen LogP contribution in [0.15, 0.2) is 63.9 Å². The molecule has 1 aromatic heterocycles. The van der Waals surface area contributed by atoms with Gasteiger partial charge in [0.15, 0.2) is 0 Å². The third-order valence-corrected chi connectivity index (χ3v) is 5.11. The van der Waals surface area contributed by atoms with E-state index in [2.05, 4.69) is 21.2 Å². The van der Waals surface area contributed by atoms with Crippen molar-refractivity contribution in [1.82, 2.24) is 0 Å². The number of carbonyl (C=O) groups excluding carboxylic acids is 2. The van der Waals surface area contributed by atoms with Crippen LogP contribution in [0.4, 0.5) is 15.8 Å². The number of nitrogens with one attached hydrogen (secondary N) is 1. The highest BCUT2D eigenvalue weighted by molar-refractivity contribution is 9.10. The second-order valence-electron chi connectivity index (χ2n) is 6.14. The molecule has 2 heterocycles. The van der Waals surface area contributed by atoms with Crippen molar-refractivity contribution >= 4 is 39.1 Å². The first kappa shape index (κ1) is 17.5. The molecule has 0 unspecified atom stereocenters. The number of benzene rings is 2. The van der Waals surface area contributed by atoms with E-state index < -0.39 is 11.7 Å². The van der Waals surface area contributed by atoms with Gasteiger partial charge in [-0.1, -0.05) is 0 Å². The first-order valence-electron chi connectivity index (χ1n) is 8.26. The van der Waals surface area contributed by atoms with E-state index in [-0.39, 0.29) is 11.5 Å². The van der Waals surface area contributed by atoms with Crippen molar-refractivity contribution in [3.05, 3.63) is 82.0 Å². The van der Waals surface area contributed by atoms with E-state index in [4.69, 9.17) is 4.42 Å². The number of carbonyl (C=O) groups is 2. The number of rotatable bonds is 3. The van der Waals surface area contributed by atoms with Crippen LogP contribution in [0.5, 0.6) is 0 Å². The van der Waals surface area contributed by atoms with Gasteiger partial charge in [-0.2, -0.15) is 0 Å². The Bertz CT molecular complexity index is 1030. The van der Waals surface area contributed by atoms with Crippen LogP contribution in [-0.4, -0.2) is 18.4 Å². The molecule has 0 radical (unpaired) electrons. The maximum Gasteiger partial charge on any atom is 0.261 e. The fraction of sp³-hybridized carbons (Fsp3) is 0.100. The fourth-order valence-corrected chi connectivity index (χ4v) is 3.53. The molecule has 0 atom stereocenters. The van der Waals surface area contributed by atoms with Gasteiger partial charge in [-0.05, 0) is 70.4 Å². The molecular weight excluding hydrogens is 415 g/mol. The summed E-state index contributed by atoms with van der Waals surface area (Å²) in [7, 11) is 0. The van der Waals surface area contributed by atoms with Crippen molar-refractivity contribution in [3.63, 3.8) is 0 Å². The maximum absolute atomic E-state index is 13.4. The molecule has 5 nitrogen and oxygen atoms in total. The minimum absolute atomic E-state index is 0.122. The number of hydrogen-bond acceptors (Lipinski definition) is 3. The lowest BCUT2D eigenvalue weighted by Gasteiger charge is -2.16. The predicted molar refractivity (Wildman–Crippen MR) is 103 cm³/mol. The summed E-state index contributed by atoms with van der Waals surface area (Å²) in [6.45, 7) is 0.562. The van der Waals surface area contributed by atoms with Gasteiger partial charge < -0.3 is 14.6 Å². The maximum atomic E-state index is 13.4. The minimum atomic E-state index is -0.481. The normalized spacial score (nSPS) is 12.7. The molecule has 2 aromatic carbocycles. The van der Waals surface area contributed by atoms with Crippen LogP contribution < -0.4 is 10.2 Å². The topological polar surface area (TPSA) is 62.6 Å². The van der Waals surface area contributed by atoms with Crippen molar-refractivity contribution < 1.29 is 18.4 Å². The molecule has 0 fully saturated rings. The van der Waals surface area contributed by atoms with Crippen LogP contribution in [0.3, 0.4) is 0 Å². The Morgan fingerprint density at radius 2 is 2.00 bits per heavy atom. The van der Waals surface area contributed by atoms with Crippen LogP contribution in [0.2, 0.25) is 0 Å². The van der Waals surface area contributed by atoms with E-state index in [1.54, 1.807) is 23.1 Å². The van der Waals surface area contributed by atoms with Crippen LogP contribution >= 0.6 is 15.9 Å². The summed E-state index contributed by atoms with van der Waals surface area (Å²) >= 11 is 3.26. The molecule has 0 saturated heterocycles. The Morgan fingerprint density at radius 3 is 2.78 bits per heavy atom. The molecule has 0 spiro atoms. The second kappa shape index (κ2) is 7.00. The molecule has 2 amide bonds. The average Bonchev–Trinajstić information content (AvgIpc) is 3.32. The van der Waals surface area contributed by atoms with E-state index in [9.17, 15) is 14.0 Å². The second-order valence-corrected chi connectivity index (χ2v) is 6.99. The van der Waals surface area contributed by atoms with Gasteiger partial charge in [0.2, 0.25) is 0 Å². The highest BCUT2D eigenvalue weighted by atomic mass is 79.9. The van der Waals surface area contributed by atoms with Gasteiger partial charge in [-0.25, -0.2) is 4.39 Å². The molecule has 0 bridgehead atoms. The monoisotopic (exact) mass is 428 g/mol. The van der Waals surface area contributed by atoms with Gasteiger partial charge in [0.1, 0.15) is 12.1 Å². The summed E-state index contributed by atoms with van der Waals surface area (Å²) in [6.07, 6.45) is 3.57. The molecule has 1 N–H and O–H groups in total. The van der Waals surface area contributed by atoms with E-state index in [0.29, 0.717) is 28.7 Å². The molecule has 1 aliphatic rings. The van der Waals surface area contributed by atoms with Crippen molar-refractivity contribution in [2.75, 3.05) is 16.8 Å². The zero-order valence-corrected chi connectivity index (χ0v) is 15.6. The van der Waals surface area contributed by atoms with Gasteiger partial charge in [0, 0.05) is 22.4 Å². The van der Waals surface area contributed by atoms with E-state index in [1.165, 1.54) is 30.7 Å². The molecule has 7 heteroatoms. The number of amides is 2. The zero-order valence-electron chi connectivity index (χ0n) is 14.0. The average molecular weight is 429 g/mol. The first-order chi connectivity index (χ1) is 13.0. The quantitative estimate of drug-likeness (QED) is 0.660. The molecule has 1 aliphatic heterocycles. The molecule has 0 saturated carbocycles. The van der Waals surface area contributed by atoms with Crippen LogP contribution in [0.1, 0.15) is 26.3 Å². The predicted octanol–water partition coefficient (Wildman–Crippen LogP) is 4.64. The lowest BCUT2D eigenvalue weighted by molar-refractivity contribution is 0.0987. The third-order valence-electron chi connectivity index (χ3n) is 4.42. The lowest BCUT2D eigenvalue weighted by Crippen LogP contribution is -2.28. The van der Waals surface area contributed by atoms with Crippen LogP contribution in [0.25, 0.3) is 0 Å². The highest BCUT2D eigenvalue weighted by Crippen LogP contribution is 2.32. The Balaban J connectivity index is 1.55. The number of furan rings is 1. The summed E-state index contributed by atoms with van der Waals surface area (Å²) in [4.78, 5) is 26.7. The number of nitrogens with zero attached hydrogens (tertiary/aromatic N) is 1. The smallest absolute Gasteiger partial charge is 0.261 e. The molecule has 136 valence electrons. The summed E-state index contributed by atoms with van der Waals surface area (Å²) in [5.74, 6) is -1.01. The van der Waals surface area contributed by atoms with Crippen molar-refractivity contribution in [2.45, 2.75) is 6.42 Å². The first-order valence-corrected chi connectivity index (χ1v) is 9.05. The van der Waals surface area contributed by atoms with Gasteiger partial charge >= 0.3 is 0 Å². The lowest BCUT2D eigenvalue weighted by atomic mass is 10.1. The summed E-state index contributed by atoms with van der Waals surface area (Å²) in [6, 6.07) is 10.9. The fourth-order valence-electron chi connectivity index (χ4n) is 3.10. The van der Waals surface area contributed by atoms with E-state index in [1.807, 2.05) is 6.07 Å². The number of halogens is 2. The SMILES string of the molecule is O=C(Nc1ccc2c(c1)CCN2C(=O)c1ccoc1)c1cc(F)ccc1Br. The summed E-state index contributed by atoms with van der Waals surface area (Å²) in [5.41, 5.74) is 3.07. The number of hydrogen-bond donors (Lipinski definition) is 1. The largest absolute Gasteiger partial charge is 0.472 e. The van der Waals surface area contributed by atoms with Gasteiger partial charge in [-0.3, -0.25) is 9.59 Å². The highest BCUT2D eigenvalue weighted by Gasteiger charge is 2.26. The van der Waals surface area contributed by atoms with Crippen LogP contribution in [-0.2, 0) is 6.42 Å². The van der Waals surface area contributed by atoms with E-state index in [0.717, 1.165) is 11.3 Å². The van der Waals surface area contributed by atoms with Crippen LogP contribution in [0, 0.1) is 5.82 Å². The Labute approximate surface area is 162 Å². The molecule has 4 rings (SSSR count). The Hall–Kier alpha value is -2.93. The van der Waals surface area contributed by atoms with Gasteiger partial charge in [0.05, 0.1) is 17.4 Å². The molecule has 0 aliphatic carbocycles. The van der Waals surface area contributed by atoms with Crippen molar-refractivity contribution in [3.8, 4) is 0 Å². The zero-order chi connectivity index (χ0) is 19.0. The summed E-state index contributed by atoms with van der Waals surface area (Å²) < 4.78 is 18.9. The Morgan fingerprint density at radius 1 is 1.15 bits per heavy atom. The van der Waals surface area contributed by atoms with Crippen molar-refractivity contribution in [2.24, 2.45) is 0 Å². The third kappa shape index (κ3) is 3.38. The molecule has 27 heavy (non-hydrogen) atoms. The summed E-state index contributed by atoms with van der Waals surface area (Å²) in [5, 5.41) is 2.77. The Kier molecular flexibility index (Phi) is 4.53. The van der Waals surface area contributed by atoms with E-state index >= 15 is 0 Å². The number of anilines is 2. The van der Waals surface area contributed by atoms with Gasteiger partial charge in [0.25, 0.3) is 11.8 Å². The molecule has 3 aromatic rings. The minimum Gasteiger partial charge on any atom is -0.472 e. The standard InChI is InChI=1S/C20H14BrFN2O3/c21-17-3-1-14(22)10-16(17)19(25)23-15-2-4-18-12(9-15)5-7-24(18)20(26)13-6-8-27-11-13/h1-4,6,8-11H,5,7H2,(H,23,25). The number of fused-ring (bicyclic) bond motifs is 1. The molecular formula is C20H14BrFN2O3.